The normalized spacial score (nSPS) is 12.3. The van der Waals surface area contributed by atoms with Gasteiger partial charge in [0.25, 0.3) is 0 Å². The summed E-state index contributed by atoms with van der Waals surface area (Å²) < 4.78 is 17.2. The van der Waals surface area contributed by atoms with Crippen LogP contribution in [0.3, 0.4) is 0 Å². The van der Waals surface area contributed by atoms with Gasteiger partial charge in [-0.25, -0.2) is 4.39 Å². The molecule has 1 rings (SSSR count). The Labute approximate surface area is 91.4 Å². The predicted octanol–water partition coefficient (Wildman–Crippen LogP) is 2.08. The molecule has 1 aromatic rings. The zero-order chi connectivity index (χ0) is 11.4. The van der Waals surface area contributed by atoms with Crippen LogP contribution in [-0.4, -0.2) is 18.2 Å². The van der Waals surface area contributed by atoms with Crippen molar-refractivity contribution in [1.29, 1.82) is 0 Å². The first-order valence-electron chi connectivity index (χ1n) is 4.24. The van der Waals surface area contributed by atoms with Gasteiger partial charge in [-0.3, -0.25) is 4.79 Å². The summed E-state index contributed by atoms with van der Waals surface area (Å²) in [6.45, 7) is 0. The maximum absolute atomic E-state index is 12.8. The fourth-order valence-electron chi connectivity index (χ4n) is 1.08. The second-order valence-electron chi connectivity index (χ2n) is 2.97. The molecule has 0 spiro atoms. The lowest BCUT2D eigenvalue weighted by Gasteiger charge is -2.09. The lowest BCUT2D eigenvalue weighted by atomic mass is 10.1. The highest BCUT2D eigenvalue weighted by atomic mass is 35.5. The number of ether oxygens (including phenoxy) is 1. The van der Waals surface area contributed by atoms with Gasteiger partial charge in [0.2, 0.25) is 0 Å². The summed E-state index contributed by atoms with van der Waals surface area (Å²) >= 11 is 5.53. The molecule has 1 atom stereocenters. The minimum absolute atomic E-state index is 0.0867. The van der Waals surface area contributed by atoms with Crippen LogP contribution in [0.4, 0.5) is 4.39 Å². The summed E-state index contributed by atoms with van der Waals surface area (Å²) in [4.78, 5) is 10.9. The minimum atomic E-state index is -1.03. The first-order chi connectivity index (χ1) is 7.04. The molecule has 0 aliphatic carbocycles. The summed E-state index contributed by atoms with van der Waals surface area (Å²) in [5.41, 5.74) is 0.381. The van der Waals surface area contributed by atoms with Gasteiger partial charge in [-0.15, -0.1) is 0 Å². The molecule has 3 nitrogen and oxygen atoms in total. The predicted molar refractivity (Wildman–Crippen MR) is 53.0 cm³/mol. The third kappa shape index (κ3) is 3.18. The highest BCUT2D eigenvalue weighted by Crippen LogP contribution is 2.22. The van der Waals surface area contributed by atoms with Gasteiger partial charge in [-0.05, 0) is 17.7 Å². The number of hydrogen-bond acceptors (Lipinski definition) is 3. The third-order valence-corrected chi connectivity index (χ3v) is 2.21. The minimum Gasteiger partial charge on any atom is -0.469 e. The van der Waals surface area contributed by atoms with Crippen molar-refractivity contribution in [2.75, 3.05) is 7.11 Å². The average molecular weight is 233 g/mol. The van der Waals surface area contributed by atoms with Crippen molar-refractivity contribution in [3.05, 3.63) is 34.6 Å². The van der Waals surface area contributed by atoms with E-state index in [4.69, 9.17) is 11.6 Å². The first-order valence-corrected chi connectivity index (χ1v) is 4.62. The van der Waals surface area contributed by atoms with Crippen LogP contribution >= 0.6 is 11.6 Å². The molecule has 0 saturated carbocycles. The molecule has 1 N–H and O–H groups in total. The van der Waals surface area contributed by atoms with Gasteiger partial charge >= 0.3 is 5.97 Å². The van der Waals surface area contributed by atoms with Crippen LogP contribution in [0.1, 0.15) is 18.1 Å². The van der Waals surface area contributed by atoms with E-state index in [9.17, 15) is 14.3 Å². The number of aliphatic hydroxyl groups excluding tert-OH is 1. The number of benzene rings is 1. The number of carbonyl (C=O) groups is 1. The molecule has 0 heterocycles. The molecule has 0 fully saturated rings. The zero-order valence-corrected chi connectivity index (χ0v) is 8.79. The summed E-state index contributed by atoms with van der Waals surface area (Å²) in [6, 6.07) is 3.79. The lowest BCUT2D eigenvalue weighted by molar-refractivity contribution is -0.142. The standard InChI is InChI=1S/C10H10ClFO3/c1-15-10(14)5-9(13)6-2-3-8(12)7(11)4-6/h2-4,9,13H,5H2,1H3/t9-/m1/s1. The zero-order valence-electron chi connectivity index (χ0n) is 8.04. The highest BCUT2D eigenvalue weighted by molar-refractivity contribution is 6.30. The molecule has 5 heteroatoms. The Balaban J connectivity index is 2.78. The Morgan fingerprint density at radius 1 is 1.67 bits per heavy atom. The summed E-state index contributed by atoms with van der Waals surface area (Å²) in [6.07, 6.45) is -1.21. The fraction of sp³-hybridized carbons (Fsp3) is 0.300. The van der Waals surface area contributed by atoms with Crippen LogP contribution in [0.25, 0.3) is 0 Å². The molecule has 0 aliphatic rings. The summed E-state index contributed by atoms with van der Waals surface area (Å²) in [5.74, 6) is -1.10. The lowest BCUT2D eigenvalue weighted by Crippen LogP contribution is -2.08. The second-order valence-corrected chi connectivity index (χ2v) is 3.38. The van der Waals surface area contributed by atoms with Gasteiger partial charge in [0.05, 0.1) is 24.7 Å². The number of esters is 1. The number of hydrogen-bond donors (Lipinski definition) is 1. The smallest absolute Gasteiger partial charge is 0.308 e. The monoisotopic (exact) mass is 232 g/mol. The quantitative estimate of drug-likeness (QED) is 0.812. The van der Waals surface area contributed by atoms with Crippen molar-refractivity contribution in [1.82, 2.24) is 0 Å². The molecule has 0 amide bonds. The van der Waals surface area contributed by atoms with E-state index in [1.807, 2.05) is 0 Å². The van der Waals surface area contributed by atoms with Gasteiger partial charge in [0, 0.05) is 0 Å². The molecular formula is C10H10ClFO3. The van der Waals surface area contributed by atoms with Gasteiger partial charge in [-0.1, -0.05) is 17.7 Å². The first kappa shape index (κ1) is 11.9. The Kier molecular flexibility index (Phi) is 4.05. The molecule has 0 aliphatic heterocycles. The van der Waals surface area contributed by atoms with Crippen LogP contribution in [0.15, 0.2) is 18.2 Å². The van der Waals surface area contributed by atoms with Crippen molar-refractivity contribution < 1.29 is 19.0 Å². The molecule has 0 bridgehead atoms. The number of rotatable bonds is 3. The number of aliphatic hydroxyl groups is 1. The number of halogens is 2. The van der Waals surface area contributed by atoms with E-state index < -0.39 is 17.9 Å². The van der Waals surface area contributed by atoms with Crippen molar-refractivity contribution in [2.45, 2.75) is 12.5 Å². The summed E-state index contributed by atoms with van der Waals surface area (Å²) in [5, 5.41) is 9.47. The molecule has 1 aromatic carbocycles. The summed E-state index contributed by atoms with van der Waals surface area (Å²) in [7, 11) is 1.23. The molecule has 82 valence electrons. The average Bonchev–Trinajstić information content (AvgIpc) is 2.21. The van der Waals surface area contributed by atoms with E-state index in [0.717, 1.165) is 6.07 Å². The number of carbonyl (C=O) groups excluding carboxylic acids is 1. The van der Waals surface area contributed by atoms with Gasteiger partial charge in [-0.2, -0.15) is 0 Å². The largest absolute Gasteiger partial charge is 0.469 e. The van der Waals surface area contributed by atoms with Crippen LogP contribution in [0.5, 0.6) is 0 Å². The second kappa shape index (κ2) is 5.09. The molecule has 0 unspecified atom stereocenters. The van der Waals surface area contributed by atoms with E-state index in [1.54, 1.807) is 0 Å². The van der Waals surface area contributed by atoms with Crippen LogP contribution in [0, 0.1) is 5.82 Å². The topological polar surface area (TPSA) is 46.5 Å². The molecular weight excluding hydrogens is 223 g/mol. The van der Waals surface area contributed by atoms with Crippen molar-refractivity contribution in [2.24, 2.45) is 0 Å². The van der Waals surface area contributed by atoms with Crippen LogP contribution < -0.4 is 0 Å². The fourth-order valence-corrected chi connectivity index (χ4v) is 1.27. The van der Waals surface area contributed by atoms with E-state index in [0.29, 0.717) is 5.56 Å². The SMILES string of the molecule is COC(=O)C[C@@H](O)c1ccc(F)c(Cl)c1. The highest BCUT2D eigenvalue weighted by Gasteiger charge is 2.14. The Morgan fingerprint density at radius 3 is 2.87 bits per heavy atom. The van der Waals surface area contributed by atoms with Crippen LogP contribution in [0.2, 0.25) is 5.02 Å². The molecule has 0 radical (unpaired) electrons. The Morgan fingerprint density at radius 2 is 2.33 bits per heavy atom. The Hall–Kier alpha value is -1.13. The molecule has 0 saturated heterocycles. The number of methoxy groups -OCH3 is 1. The maximum atomic E-state index is 12.8. The van der Waals surface area contributed by atoms with E-state index in [1.165, 1.54) is 19.2 Å². The van der Waals surface area contributed by atoms with Gasteiger partial charge in [0.15, 0.2) is 0 Å². The van der Waals surface area contributed by atoms with Crippen molar-refractivity contribution in [3.8, 4) is 0 Å². The maximum Gasteiger partial charge on any atom is 0.308 e. The van der Waals surface area contributed by atoms with E-state index in [2.05, 4.69) is 4.74 Å². The van der Waals surface area contributed by atoms with E-state index >= 15 is 0 Å². The van der Waals surface area contributed by atoms with Gasteiger partial charge in [0.1, 0.15) is 5.82 Å². The molecule has 0 aromatic heterocycles. The third-order valence-electron chi connectivity index (χ3n) is 1.92. The van der Waals surface area contributed by atoms with E-state index in [-0.39, 0.29) is 11.4 Å². The van der Waals surface area contributed by atoms with Crippen molar-refractivity contribution >= 4 is 17.6 Å². The van der Waals surface area contributed by atoms with Crippen LogP contribution in [-0.2, 0) is 9.53 Å². The van der Waals surface area contributed by atoms with Gasteiger partial charge < -0.3 is 9.84 Å². The van der Waals surface area contributed by atoms with Crippen molar-refractivity contribution in [3.63, 3.8) is 0 Å². The Bertz CT molecular complexity index is 368. The molecule has 15 heavy (non-hydrogen) atoms.